The minimum atomic E-state index is 0.289. The molecular formula is C17H18N2S. The van der Waals surface area contributed by atoms with E-state index in [4.69, 9.17) is 0 Å². The third-order valence-corrected chi connectivity index (χ3v) is 4.64. The SMILES string of the molecule is CC(NC1=NCC(c2ccccc2)S1)c1ccccc1. The van der Waals surface area contributed by atoms with Gasteiger partial charge in [0, 0.05) is 0 Å². The molecule has 2 aromatic carbocycles. The Morgan fingerprint density at radius 3 is 2.40 bits per heavy atom. The van der Waals surface area contributed by atoms with Gasteiger partial charge in [-0.1, -0.05) is 72.4 Å². The lowest BCUT2D eigenvalue weighted by atomic mass is 10.1. The van der Waals surface area contributed by atoms with Crippen molar-refractivity contribution >= 4 is 16.9 Å². The Balaban J connectivity index is 1.61. The molecule has 0 radical (unpaired) electrons. The highest BCUT2D eigenvalue weighted by atomic mass is 32.2. The summed E-state index contributed by atoms with van der Waals surface area (Å²) in [5, 5.41) is 5.00. The quantitative estimate of drug-likeness (QED) is 0.913. The molecule has 1 aliphatic heterocycles. The molecule has 0 fully saturated rings. The summed E-state index contributed by atoms with van der Waals surface area (Å²) < 4.78 is 0. The normalized spacial score (nSPS) is 19.4. The van der Waals surface area contributed by atoms with Gasteiger partial charge in [-0.05, 0) is 18.1 Å². The zero-order valence-corrected chi connectivity index (χ0v) is 12.3. The molecule has 2 unspecified atom stereocenters. The van der Waals surface area contributed by atoms with Crippen LogP contribution in [0.4, 0.5) is 0 Å². The average Bonchev–Trinajstić information content (AvgIpc) is 2.97. The van der Waals surface area contributed by atoms with Crippen LogP contribution in [-0.2, 0) is 0 Å². The second kappa shape index (κ2) is 6.14. The zero-order valence-electron chi connectivity index (χ0n) is 11.5. The standard InChI is InChI=1S/C17H18N2S/c1-13(14-8-4-2-5-9-14)19-17-18-12-16(20-17)15-10-6-3-7-11-15/h2-11,13,16H,12H2,1H3,(H,18,19). The molecular weight excluding hydrogens is 264 g/mol. The predicted octanol–water partition coefficient (Wildman–Crippen LogP) is 4.18. The Bertz CT molecular complexity index is 580. The van der Waals surface area contributed by atoms with Crippen molar-refractivity contribution < 1.29 is 0 Å². The smallest absolute Gasteiger partial charge is 0.157 e. The van der Waals surface area contributed by atoms with Gasteiger partial charge in [0.25, 0.3) is 0 Å². The van der Waals surface area contributed by atoms with Crippen LogP contribution in [0.2, 0.25) is 0 Å². The molecule has 1 N–H and O–H groups in total. The van der Waals surface area contributed by atoms with Gasteiger partial charge in [-0.3, -0.25) is 4.99 Å². The summed E-state index contributed by atoms with van der Waals surface area (Å²) in [5.74, 6) is 0. The first-order valence-corrected chi connectivity index (χ1v) is 7.78. The van der Waals surface area contributed by atoms with E-state index < -0.39 is 0 Å². The predicted molar refractivity (Wildman–Crippen MR) is 87.1 cm³/mol. The zero-order chi connectivity index (χ0) is 13.8. The molecule has 0 saturated heterocycles. The van der Waals surface area contributed by atoms with Gasteiger partial charge in [-0.25, -0.2) is 0 Å². The van der Waals surface area contributed by atoms with Gasteiger partial charge in [0.2, 0.25) is 0 Å². The number of amidine groups is 1. The van der Waals surface area contributed by atoms with Crippen molar-refractivity contribution in [3.05, 3.63) is 71.8 Å². The van der Waals surface area contributed by atoms with Gasteiger partial charge in [-0.15, -0.1) is 0 Å². The van der Waals surface area contributed by atoms with Gasteiger partial charge in [0.15, 0.2) is 5.17 Å². The molecule has 2 aromatic rings. The van der Waals surface area contributed by atoms with E-state index in [-0.39, 0.29) is 6.04 Å². The lowest BCUT2D eigenvalue weighted by Crippen LogP contribution is -2.22. The van der Waals surface area contributed by atoms with Crippen LogP contribution in [0.15, 0.2) is 65.7 Å². The van der Waals surface area contributed by atoms with Crippen LogP contribution in [0.25, 0.3) is 0 Å². The van der Waals surface area contributed by atoms with Crippen molar-refractivity contribution in [2.75, 3.05) is 6.54 Å². The van der Waals surface area contributed by atoms with Crippen LogP contribution in [0.3, 0.4) is 0 Å². The summed E-state index contributed by atoms with van der Waals surface area (Å²) >= 11 is 1.83. The molecule has 0 aliphatic carbocycles. The number of hydrogen-bond acceptors (Lipinski definition) is 3. The van der Waals surface area contributed by atoms with Gasteiger partial charge in [0.1, 0.15) is 0 Å². The number of aliphatic imine (C=N–C) groups is 1. The third kappa shape index (κ3) is 3.05. The fraction of sp³-hybridized carbons (Fsp3) is 0.235. The van der Waals surface area contributed by atoms with E-state index in [9.17, 15) is 0 Å². The maximum atomic E-state index is 4.63. The van der Waals surface area contributed by atoms with Gasteiger partial charge < -0.3 is 5.32 Å². The third-order valence-electron chi connectivity index (χ3n) is 3.47. The summed E-state index contributed by atoms with van der Waals surface area (Å²) in [4.78, 5) is 4.63. The van der Waals surface area contributed by atoms with Gasteiger partial charge in [0.05, 0.1) is 17.8 Å². The summed E-state index contributed by atoms with van der Waals surface area (Å²) in [6.45, 7) is 3.03. The maximum Gasteiger partial charge on any atom is 0.157 e. The Labute approximate surface area is 124 Å². The molecule has 2 atom stereocenters. The Hall–Kier alpha value is -1.74. The first-order chi connectivity index (χ1) is 9.83. The lowest BCUT2D eigenvalue weighted by Gasteiger charge is -2.15. The van der Waals surface area contributed by atoms with Crippen LogP contribution in [0.1, 0.15) is 29.3 Å². The molecule has 20 heavy (non-hydrogen) atoms. The summed E-state index contributed by atoms with van der Waals surface area (Å²) in [5.41, 5.74) is 2.64. The Morgan fingerprint density at radius 2 is 1.70 bits per heavy atom. The molecule has 0 bridgehead atoms. The molecule has 2 nitrogen and oxygen atoms in total. The number of nitrogens with zero attached hydrogens (tertiary/aromatic N) is 1. The fourth-order valence-corrected chi connectivity index (χ4v) is 3.41. The van der Waals surface area contributed by atoms with Crippen molar-refractivity contribution in [3.8, 4) is 0 Å². The Kier molecular flexibility index (Phi) is 4.07. The van der Waals surface area contributed by atoms with Crippen molar-refractivity contribution in [1.82, 2.24) is 5.32 Å². The largest absolute Gasteiger partial charge is 0.358 e. The minimum Gasteiger partial charge on any atom is -0.358 e. The highest BCUT2D eigenvalue weighted by Crippen LogP contribution is 2.34. The summed E-state index contributed by atoms with van der Waals surface area (Å²) in [6, 6.07) is 21.4. The molecule has 0 amide bonds. The van der Waals surface area contributed by atoms with Crippen LogP contribution in [-0.4, -0.2) is 11.7 Å². The molecule has 0 aromatic heterocycles. The molecule has 3 heteroatoms. The molecule has 1 aliphatic rings. The van der Waals surface area contributed by atoms with Crippen molar-refractivity contribution in [1.29, 1.82) is 0 Å². The number of rotatable bonds is 3. The second-order valence-corrected chi connectivity index (χ2v) is 6.13. The highest BCUT2D eigenvalue weighted by Gasteiger charge is 2.22. The van der Waals surface area contributed by atoms with Crippen molar-refractivity contribution in [3.63, 3.8) is 0 Å². The van der Waals surface area contributed by atoms with E-state index in [1.165, 1.54) is 11.1 Å². The monoisotopic (exact) mass is 282 g/mol. The van der Waals surface area contributed by atoms with E-state index in [1.54, 1.807) is 0 Å². The van der Waals surface area contributed by atoms with Crippen LogP contribution in [0.5, 0.6) is 0 Å². The first kappa shape index (κ1) is 13.3. The fourth-order valence-electron chi connectivity index (χ4n) is 2.31. The van der Waals surface area contributed by atoms with Crippen molar-refractivity contribution in [2.45, 2.75) is 18.2 Å². The summed E-state index contributed by atoms with van der Waals surface area (Å²) in [7, 11) is 0. The molecule has 0 spiro atoms. The van der Waals surface area contributed by atoms with Gasteiger partial charge >= 0.3 is 0 Å². The van der Waals surface area contributed by atoms with Crippen LogP contribution < -0.4 is 5.32 Å². The number of hydrogen-bond donors (Lipinski definition) is 1. The summed E-state index contributed by atoms with van der Waals surface area (Å²) in [6.07, 6.45) is 0. The first-order valence-electron chi connectivity index (χ1n) is 6.90. The minimum absolute atomic E-state index is 0.289. The second-order valence-electron chi connectivity index (χ2n) is 4.94. The van der Waals surface area contributed by atoms with E-state index in [1.807, 2.05) is 17.8 Å². The molecule has 102 valence electrons. The molecule has 0 saturated carbocycles. The van der Waals surface area contributed by atoms with E-state index in [2.05, 4.69) is 71.8 Å². The number of thioether (sulfide) groups is 1. The Morgan fingerprint density at radius 1 is 1.05 bits per heavy atom. The topological polar surface area (TPSA) is 24.4 Å². The van der Waals surface area contributed by atoms with E-state index in [0.29, 0.717) is 5.25 Å². The van der Waals surface area contributed by atoms with Crippen molar-refractivity contribution in [2.24, 2.45) is 4.99 Å². The van der Waals surface area contributed by atoms with E-state index in [0.717, 1.165) is 11.7 Å². The maximum absolute atomic E-state index is 4.63. The number of benzene rings is 2. The average molecular weight is 282 g/mol. The lowest BCUT2D eigenvalue weighted by molar-refractivity contribution is 0.723. The molecule has 3 rings (SSSR count). The van der Waals surface area contributed by atoms with Gasteiger partial charge in [-0.2, -0.15) is 0 Å². The number of nitrogens with one attached hydrogen (secondary N) is 1. The van der Waals surface area contributed by atoms with Crippen LogP contribution >= 0.6 is 11.8 Å². The van der Waals surface area contributed by atoms with Crippen LogP contribution in [0, 0.1) is 0 Å². The van der Waals surface area contributed by atoms with E-state index >= 15 is 0 Å². The highest BCUT2D eigenvalue weighted by molar-refractivity contribution is 8.14. The molecule has 1 heterocycles.